The third-order valence-corrected chi connectivity index (χ3v) is 5.91. The van der Waals surface area contributed by atoms with Crippen LogP contribution < -0.4 is 0 Å². The SMILES string of the molecule is CC(C)c1noc2nc(C3CC3)cc(C(=O)N3CCCCC3c3ccn[nH]3)c12. The molecule has 1 saturated carbocycles. The quantitative estimate of drug-likeness (QED) is 0.729. The maximum Gasteiger partial charge on any atom is 0.259 e. The van der Waals surface area contributed by atoms with Crippen molar-refractivity contribution in [3.63, 3.8) is 0 Å². The van der Waals surface area contributed by atoms with E-state index in [-0.39, 0.29) is 17.9 Å². The Labute approximate surface area is 163 Å². The zero-order valence-electron chi connectivity index (χ0n) is 16.3. The van der Waals surface area contributed by atoms with Crippen molar-refractivity contribution in [1.29, 1.82) is 0 Å². The van der Waals surface area contributed by atoms with Crippen LogP contribution in [0.1, 0.15) is 91.3 Å². The number of fused-ring (bicyclic) bond motifs is 1. The van der Waals surface area contributed by atoms with Gasteiger partial charge in [0, 0.05) is 24.4 Å². The summed E-state index contributed by atoms with van der Waals surface area (Å²) in [6.07, 6.45) is 7.06. The van der Waals surface area contributed by atoms with E-state index < -0.39 is 0 Å². The van der Waals surface area contributed by atoms with Crippen LogP contribution in [0, 0.1) is 0 Å². The van der Waals surface area contributed by atoms with Gasteiger partial charge in [-0.3, -0.25) is 9.89 Å². The predicted octanol–water partition coefficient (Wildman–Crippen LogP) is 4.31. The van der Waals surface area contributed by atoms with Crippen LogP contribution in [0.4, 0.5) is 0 Å². The molecule has 4 heterocycles. The fourth-order valence-electron chi connectivity index (χ4n) is 4.25. The van der Waals surface area contributed by atoms with E-state index in [2.05, 4.69) is 34.2 Å². The normalized spacial score (nSPS) is 20.2. The summed E-state index contributed by atoms with van der Waals surface area (Å²) in [7, 11) is 0. The highest BCUT2D eigenvalue weighted by Crippen LogP contribution is 2.42. The number of likely N-dealkylation sites (tertiary alicyclic amines) is 1. The summed E-state index contributed by atoms with van der Waals surface area (Å²) in [6, 6.07) is 3.98. The first-order valence-corrected chi connectivity index (χ1v) is 10.2. The molecule has 1 unspecified atom stereocenters. The largest absolute Gasteiger partial charge is 0.335 e. The highest BCUT2D eigenvalue weighted by Gasteiger charge is 2.34. The highest BCUT2D eigenvalue weighted by atomic mass is 16.5. The number of nitrogens with one attached hydrogen (secondary N) is 1. The van der Waals surface area contributed by atoms with Gasteiger partial charge in [-0.1, -0.05) is 19.0 Å². The van der Waals surface area contributed by atoms with Crippen LogP contribution >= 0.6 is 0 Å². The molecule has 0 radical (unpaired) electrons. The molecule has 0 spiro atoms. The van der Waals surface area contributed by atoms with Gasteiger partial charge in [0.1, 0.15) is 0 Å². The Morgan fingerprint density at radius 3 is 2.86 bits per heavy atom. The highest BCUT2D eigenvalue weighted by molar-refractivity contribution is 6.06. The molecule has 0 aromatic carbocycles. The molecule has 7 nitrogen and oxygen atoms in total. The lowest BCUT2D eigenvalue weighted by molar-refractivity contribution is 0.0608. The van der Waals surface area contributed by atoms with Crippen LogP contribution in [-0.2, 0) is 0 Å². The second kappa shape index (κ2) is 6.72. The minimum atomic E-state index is 0.0266. The molecule has 2 aliphatic rings. The van der Waals surface area contributed by atoms with Crippen LogP contribution in [0.5, 0.6) is 0 Å². The number of pyridine rings is 1. The molecule has 3 aromatic rings. The van der Waals surface area contributed by atoms with Gasteiger partial charge in [-0.15, -0.1) is 0 Å². The Morgan fingerprint density at radius 2 is 2.14 bits per heavy atom. The number of nitrogens with zero attached hydrogens (tertiary/aromatic N) is 4. The van der Waals surface area contributed by atoms with E-state index in [1.54, 1.807) is 6.20 Å². The number of aromatic amines is 1. The van der Waals surface area contributed by atoms with E-state index in [9.17, 15) is 4.79 Å². The summed E-state index contributed by atoms with van der Waals surface area (Å²) in [5.74, 6) is 0.637. The van der Waals surface area contributed by atoms with E-state index in [1.165, 1.54) is 0 Å². The number of hydrogen-bond donors (Lipinski definition) is 1. The number of piperidine rings is 1. The minimum Gasteiger partial charge on any atom is -0.335 e. The molecule has 28 heavy (non-hydrogen) atoms. The lowest BCUT2D eigenvalue weighted by Crippen LogP contribution is -2.39. The number of hydrogen-bond acceptors (Lipinski definition) is 5. The van der Waals surface area contributed by atoms with Crippen molar-refractivity contribution in [2.75, 3.05) is 6.54 Å². The Kier molecular flexibility index (Phi) is 4.18. The summed E-state index contributed by atoms with van der Waals surface area (Å²) in [6.45, 7) is 4.87. The molecule has 2 fully saturated rings. The number of carbonyl (C=O) groups is 1. The second-order valence-electron chi connectivity index (χ2n) is 8.29. The average Bonchev–Trinajstić information content (AvgIpc) is 3.24. The minimum absolute atomic E-state index is 0.0266. The van der Waals surface area contributed by atoms with Gasteiger partial charge in [-0.2, -0.15) is 5.10 Å². The molecule has 7 heteroatoms. The van der Waals surface area contributed by atoms with Gasteiger partial charge in [0.05, 0.1) is 28.4 Å². The number of aromatic nitrogens is 4. The predicted molar refractivity (Wildman–Crippen MR) is 104 cm³/mol. The first kappa shape index (κ1) is 17.4. The fraction of sp³-hybridized carbons (Fsp3) is 0.524. The first-order valence-electron chi connectivity index (χ1n) is 10.2. The monoisotopic (exact) mass is 379 g/mol. The van der Waals surface area contributed by atoms with E-state index >= 15 is 0 Å². The summed E-state index contributed by atoms with van der Waals surface area (Å²) in [5, 5.41) is 12.2. The Hall–Kier alpha value is -2.70. The van der Waals surface area contributed by atoms with Crippen molar-refractivity contribution in [2.45, 2.75) is 63.8 Å². The summed E-state index contributed by atoms with van der Waals surface area (Å²) >= 11 is 0. The fourth-order valence-corrected chi connectivity index (χ4v) is 4.25. The lowest BCUT2D eigenvalue weighted by atomic mass is 9.96. The number of H-pyrrole nitrogens is 1. The van der Waals surface area contributed by atoms with E-state index in [0.717, 1.165) is 61.1 Å². The topological polar surface area (TPSA) is 87.9 Å². The van der Waals surface area contributed by atoms with Crippen molar-refractivity contribution in [2.24, 2.45) is 0 Å². The third-order valence-electron chi connectivity index (χ3n) is 5.91. The smallest absolute Gasteiger partial charge is 0.259 e. The first-order chi connectivity index (χ1) is 13.6. The molecular formula is C21H25N5O2. The van der Waals surface area contributed by atoms with Crippen molar-refractivity contribution >= 4 is 17.0 Å². The number of rotatable bonds is 4. The summed E-state index contributed by atoms with van der Waals surface area (Å²) < 4.78 is 5.56. The molecule has 1 atom stereocenters. The average molecular weight is 379 g/mol. The van der Waals surface area contributed by atoms with Crippen molar-refractivity contribution in [3.8, 4) is 0 Å². The molecule has 146 valence electrons. The summed E-state index contributed by atoms with van der Waals surface area (Å²) in [5.41, 5.74) is 3.94. The summed E-state index contributed by atoms with van der Waals surface area (Å²) in [4.78, 5) is 20.4. The molecule has 1 aliphatic carbocycles. The lowest BCUT2D eigenvalue weighted by Gasteiger charge is -2.35. The van der Waals surface area contributed by atoms with Gasteiger partial charge in [0.25, 0.3) is 11.6 Å². The van der Waals surface area contributed by atoms with Gasteiger partial charge < -0.3 is 9.42 Å². The Balaban J connectivity index is 1.62. The van der Waals surface area contributed by atoms with E-state index in [1.807, 2.05) is 17.0 Å². The van der Waals surface area contributed by atoms with E-state index in [4.69, 9.17) is 4.52 Å². The van der Waals surface area contributed by atoms with E-state index in [0.29, 0.717) is 17.2 Å². The maximum absolute atomic E-state index is 13.8. The van der Waals surface area contributed by atoms with Gasteiger partial charge >= 0.3 is 0 Å². The van der Waals surface area contributed by atoms with Crippen molar-refractivity contribution in [1.82, 2.24) is 25.2 Å². The molecule has 1 N–H and O–H groups in total. The molecule has 0 bridgehead atoms. The number of amides is 1. The van der Waals surface area contributed by atoms with Crippen molar-refractivity contribution < 1.29 is 9.32 Å². The molecule has 1 aliphatic heterocycles. The molecule has 3 aromatic heterocycles. The maximum atomic E-state index is 13.8. The van der Waals surface area contributed by atoms with Crippen LogP contribution in [0.25, 0.3) is 11.1 Å². The van der Waals surface area contributed by atoms with Crippen LogP contribution in [0.2, 0.25) is 0 Å². The van der Waals surface area contributed by atoms with Gasteiger partial charge in [0.15, 0.2) is 0 Å². The third kappa shape index (κ3) is 2.89. The van der Waals surface area contributed by atoms with Gasteiger partial charge in [-0.05, 0) is 50.2 Å². The van der Waals surface area contributed by atoms with Crippen LogP contribution in [0.15, 0.2) is 22.9 Å². The molecule has 5 rings (SSSR count). The zero-order valence-corrected chi connectivity index (χ0v) is 16.3. The van der Waals surface area contributed by atoms with Gasteiger partial charge in [-0.25, -0.2) is 4.98 Å². The molecule has 1 saturated heterocycles. The Morgan fingerprint density at radius 1 is 1.29 bits per heavy atom. The van der Waals surface area contributed by atoms with Crippen LogP contribution in [0.3, 0.4) is 0 Å². The Bertz CT molecular complexity index is 1000. The standard InChI is InChI=1S/C21H25N5O2/c1-12(2)19-18-14(11-16(13-6-7-13)23-20(18)28-25-19)21(27)26-10-4-3-5-17(26)15-8-9-22-24-15/h8-9,11-13,17H,3-7,10H2,1-2H3,(H,22,24). The molecular weight excluding hydrogens is 354 g/mol. The van der Waals surface area contributed by atoms with Crippen LogP contribution in [-0.4, -0.2) is 37.7 Å². The second-order valence-corrected chi connectivity index (χ2v) is 8.29. The van der Waals surface area contributed by atoms with Crippen molar-refractivity contribution in [3.05, 3.63) is 41.0 Å². The zero-order chi connectivity index (χ0) is 19.3. The molecule has 1 amide bonds. The van der Waals surface area contributed by atoms with Gasteiger partial charge in [0.2, 0.25) is 0 Å². The number of carbonyl (C=O) groups excluding carboxylic acids is 1.